The van der Waals surface area contributed by atoms with Gasteiger partial charge in [0, 0.05) is 5.56 Å². The molecule has 10 heteroatoms. The van der Waals surface area contributed by atoms with Gasteiger partial charge in [0.2, 0.25) is 0 Å². The molecule has 0 saturated heterocycles. The fourth-order valence-electron chi connectivity index (χ4n) is 1.67. The highest BCUT2D eigenvalue weighted by atomic mass is 35.5. The number of halogens is 7. The summed E-state index contributed by atoms with van der Waals surface area (Å²) in [5.74, 6) is -0.673. The second-order valence-electron chi connectivity index (χ2n) is 3.92. The molecule has 0 spiro atoms. The summed E-state index contributed by atoms with van der Waals surface area (Å²) in [5.41, 5.74) is 1.52. The Morgan fingerprint density at radius 1 is 1.14 bits per heavy atom. The Hall–Kier alpha value is -1.19. The molecule has 21 heavy (non-hydrogen) atoms. The van der Waals surface area contributed by atoms with Gasteiger partial charge >= 0.3 is 12.4 Å². The monoisotopic (exact) mass is 339 g/mol. The molecule has 0 fully saturated rings. The standard InChI is InChI=1S/C11H11F6NO2.ClH/c1-20-8-3-5(10(12,13)14)2-6(11(15,16)17)9(8)7(18)4-19;/h2-3,7,19H,4,18H2,1H3;1H/t7-;/m1./s1. The molecular formula is C11H12ClF6NO2. The molecule has 0 saturated carbocycles. The first-order valence-corrected chi connectivity index (χ1v) is 5.25. The minimum atomic E-state index is -5.06. The molecule has 0 heterocycles. The number of rotatable bonds is 3. The number of nitrogens with two attached hydrogens (primary N) is 1. The molecule has 0 unspecified atom stereocenters. The van der Waals surface area contributed by atoms with Crippen LogP contribution in [0.2, 0.25) is 0 Å². The molecular weight excluding hydrogens is 328 g/mol. The van der Waals surface area contributed by atoms with Crippen molar-refractivity contribution >= 4 is 12.4 Å². The molecule has 1 aromatic carbocycles. The maximum absolute atomic E-state index is 12.9. The zero-order valence-corrected chi connectivity index (χ0v) is 11.4. The number of methoxy groups -OCH3 is 1. The minimum Gasteiger partial charge on any atom is -0.496 e. The number of alkyl halides is 6. The van der Waals surface area contributed by atoms with Crippen molar-refractivity contribution in [2.45, 2.75) is 18.4 Å². The molecule has 122 valence electrons. The van der Waals surface area contributed by atoms with Crippen LogP contribution in [0.4, 0.5) is 26.3 Å². The van der Waals surface area contributed by atoms with Crippen molar-refractivity contribution < 1.29 is 36.2 Å². The molecule has 1 aromatic rings. The van der Waals surface area contributed by atoms with Crippen LogP contribution in [0.25, 0.3) is 0 Å². The molecule has 0 amide bonds. The predicted molar refractivity (Wildman–Crippen MR) is 64.3 cm³/mol. The van der Waals surface area contributed by atoms with Crippen LogP contribution >= 0.6 is 12.4 Å². The molecule has 1 rings (SSSR count). The summed E-state index contributed by atoms with van der Waals surface area (Å²) >= 11 is 0. The maximum Gasteiger partial charge on any atom is 0.416 e. The quantitative estimate of drug-likeness (QED) is 0.832. The molecule has 0 aromatic heterocycles. The highest BCUT2D eigenvalue weighted by molar-refractivity contribution is 5.85. The van der Waals surface area contributed by atoms with Crippen molar-refractivity contribution in [1.82, 2.24) is 0 Å². The van der Waals surface area contributed by atoms with Crippen LogP contribution in [-0.2, 0) is 12.4 Å². The van der Waals surface area contributed by atoms with Gasteiger partial charge in [0.05, 0.1) is 30.9 Å². The molecule has 1 atom stereocenters. The summed E-state index contributed by atoms with van der Waals surface area (Å²) in [7, 11) is 0.920. The van der Waals surface area contributed by atoms with Gasteiger partial charge in [0.15, 0.2) is 0 Å². The molecule has 0 aliphatic heterocycles. The second-order valence-corrected chi connectivity index (χ2v) is 3.92. The van der Waals surface area contributed by atoms with Crippen molar-refractivity contribution in [3.8, 4) is 5.75 Å². The number of aliphatic hydroxyl groups excluding tert-OH is 1. The van der Waals surface area contributed by atoms with E-state index >= 15 is 0 Å². The van der Waals surface area contributed by atoms with Crippen LogP contribution < -0.4 is 10.5 Å². The predicted octanol–water partition coefficient (Wildman–Crippen LogP) is 3.15. The van der Waals surface area contributed by atoms with Crippen LogP contribution in [0.1, 0.15) is 22.7 Å². The first-order chi connectivity index (χ1) is 9.02. The number of aliphatic hydroxyl groups is 1. The van der Waals surface area contributed by atoms with E-state index in [1.54, 1.807) is 0 Å². The Bertz CT molecular complexity index is 489. The molecule has 3 N–H and O–H groups in total. The fraction of sp³-hybridized carbons (Fsp3) is 0.455. The summed E-state index contributed by atoms with van der Waals surface area (Å²) in [5, 5.41) is 8.86. The lowest BCUT2D eigenvalue weighted by Crippen LogP contribution is -2.22. The topological polar surface area (TPSA) is 55.5 Å². The average Bonchev–Trinajstić information content (AvgIpc) is 2.33. The van der Waals surface area contributed by atoms with E-state index in [9.17, 15) is 26.3 Å². The number of ether oxygens (including phenoxy) is 1. The summed E-state index contributed by atoms with van der Waals surface area (Å²) < 4.78 is 80.9. The van der Waals surface area contributed by atoms with E-state index in [1.165, 1.54) is 0 Å². The van der Waals surface area contributed by atoms with Crippen LogP contribution in [0.3, 0.4) is 0 Å². The number of hydrogen-bond donors (Lipinski definition) is 2. The Balaban J connectivity index is 0.00000400. The normalized spacial score (nSPS) is 13.6. The molecule has 0 aliphatic rings. The lowest BCUT2D eigenvalue weighted by molar-refractivity contribution is -0.143. The van der Waals surface area contributed by atoms with Gasteiger partial charge in [-0.25, -0.2) is 0 Å². The van der Waals surface area contributed by atoms with E-state index in [0.29, 0.717) is 6.07 Å². The van der Waals surface area contributed by atoms with Crippen molar-refractivity contribution in [1.29, 1.82) is 0 Å². The first-order valence-electron chi connectivity index (χ1n) is 5.25. The first kappa shape index (κ1) is 19.8. The van der Waals surface area contributed by atoms with Gasteiger partial charge in [-0.3, -0.25) is 0 Å². The van der Waals surface area contributed by atoms with E-state index in [2.05, 4.69) is 4.74 Å². The number of benzene rings is 1. The lowest BCUT2D eigenvalue weighted by Gasteiger charge is -2.22. The lowest BCUT2D eigenvalue weighted by atomic mass is 9.96. The largest absolute Gasteiger partial charge is 0.496 e. The Kier molecular flexibility index (Phi) is 6.33. The smallest absolute Gasteiger partial charge is 0.416 e. The SMILES string of the molecule is COc1cc(C(F)(F)F)cc(C(F)(F)F)c1[C@H](N)CO.Cl. The highest BCUT2D eigenvalue weighted by Gasteiger charge is 2.40. The Labute approximate surface area is 122 Å². The van der Waals surface area contributed by atoms with E-state index in [0.717, 1.165) is 7.11 Å². The summed E-state index contributed by atoms with van der Waals surface area (Å²) in [6.45, 7) is -0.870. The van der Waals surface area contributed by atoms with Gasteiger partial charge in [0.1, 0.15) is 5.75 Å². The third-order valence-electron chi connectivity index (χ3n) is 2.56. The Morgan fingerprint density at radius 3 is 2.00 bits per heavy atom. The summed E-state index contributed by atoms with van der Waals surface area (Å²) in [4.78, 5) is 0. The van der Waals surface area contributed by atoms with Gasteiger partial charge < -0.3 is 15.6 Å². The molecule has 0 radical (unpaired) electrons. The maximum atomic E-state index is 12.9. The van der Waals surface area contributed by atoms with E-state index in [4.69, 9.17) is 10.8 Å². The zero-order chi connectivity index (χ0) is 15.7. The minimum absolute atomic E-state index is 0. The van der Waals surface area contributed by atoms with Crippen molar-refractivity contribution in [2.75, 3.05) is 13.7 Å². The van der Waals surface area contributed by atoms with Gasteiger partial charge in [-0.05, 0) is 12.1 Å². The second kappa shape index (κ2) is 6.71. The van der Waals surface area contributed by atoms with Gasteiger partial charge in [-0.2, -0.15) is 26.3 Å². The van der Waals surface area contributed by atoms with E-state index in [1.807, 2.05) is 0 Å². The van der Waals surface area contributed by atoms with Gasteiger partial charge in [-0.1, -0.05) is 0 Å². The number of hydrogen-bond acceptors (Lipinski definition) is 3. The summed E-state index contributed by atoms with van der Waals surface area (Å²) in [6.07, 6.45) is -10.0. The molecule has 3 nitrogen and oxygen atoms in total. The van der Waals surface area contributed by atoms with Crippen LogP contribution in [0.15, 0.2) is 12.1 Å². The highest BCUT2D eigenvalue weighted by Crippen LogP contribution is 2.43. The van der Waals surface area contributed by atoms with Gasteiger partial charge in [0.25, 0.3) is 0 Å². The molecule has 0 aliphatic carbocycles. The van der Waals surface area contributed by atoms with E-state index in [-0.39, 0.29) is 18.5 Å². The third kappa shape index (κ3) is 4.39. The molecule has 0 bridgehead atoms. The van der Waals surface area contributed by atoms with Crippen LogP contribution in [-0.4, -0.2) is 18.8 Å². The van der Waals surface area contributed by atoms with E-state index < -0.39 is 47.4 Å². The van der Waals surface area contributed by atoms with Crippen LogP contribution in [0.5, 0.6) is 5.75 Å². The third-order valence-corrected chi connectivity index (χ3v) is 2.56. The fourth-order valence-corrected chi connectivity index (χ4v) is 1.67. The van der Waals surface area contributed by atoms with Crippen molar-refractivity contribution in [2.24, 2.45) is 5.73 Å². The Morgan fingerprint density at radius 2 is 1.67 bits per heavy atom. The van der Waals surface area contributed by atoms with Crippen molar-refractivity contribution in [3.05, 3.63) is 28.8 Å². The zero-order valence-electron chi connectivity index (χ0n) is 10.5. The summed E-state index contributed by atoms with van der Waals surface area (Å²) in [6, 6.07) is -1.14. The van der Waals surface area contributed by atoms with Crippen LogP contribution in [0, 0.1) is 0 Å². The van der Waals surface area contributed by atoms with Crippen molar-refractivity contribution in [3.63, 3.8) is 0 Å². The average molecular weight is 340 g/mol. The van der Waals surface area contributed by atoms with Gasteiger partial charge in [-0.15, -0.1) is 12.4 Å².